The molecule has 0 aliphatic carbocycles. The lowest BCUT2D eigenvalue weighted by atomic mass is 10.2. The average Bonchev–Trinajstić information content (AvgIpc) is 1.97. The highest BCUT2D eigenvalue weighted by Crippen LogP contribution is 2.04. The highest BCUT2D eigenvalue weighted by Gasteiger charge is 1.85. The molecule has 0 saturated carbocycles. The van der Waals surface area contributed by atoms with Crippen molar-refractivity contribution in [1.82, 2.24) is 0 Å². The van der Waals surface area contributed by atoms with Crippen LogP contribution in [0.15, 0.2) is 5.11 Å². The van der Waals surface area contributed by atoms with Crippen LogP contribution in [0, 0.1) is 6.54 Å². The molecule has 1 radical (unpaired) electrons. The zero-order valence-corrected chi connectivity index (χ0v) is 6.45. The number of unbranched alkanes of at least 4 members (excludes halogenated alkanes) is 4. The fourth-order valence-corrected chi connectivity index (χ4v) is 0.757. The Bertz CT molecular complexity index is 105. The molecule has 0 heterocycles. The first-order valence-corrected chi connectivity index (χ1v) is 3.77. The minimum Gasteiger partial charge on any atom is -0.0902 e. The van der Waals surface area contributed by atoms with Crippen molar-refractivity contribution in [3.8, 4) is 0 Å². The van der Waals surface area contributed by atoms with Crippen molar-refractivity contribution in [3.05, 3.63) is 17.0 Å². The smallest absolute Gasteiger partial charge is 0.0458 e. The quantitative estimate of drug-likeness (QED) is 0.235. The summed E-state index contributed by atoms with van der Waals surface area (Å²) in [4.78, 5) is 2.62. The van der Waals surface area contributed by atoms with Gasteiger partial charge in [0, 0.05) is 11.5 Å². The lowest BCUT2D eigenvalue weighted by Gasteiger charge is -1.93. The SMILES string of the molecule is CCCCCC[CH]N=[N+]=[N-]. The van der Waals surface area contributed by atoms with Crippen molar-refractivity contribution in [2.75, 3.05) is 0 Å². The van der Waals surface area contributed by atoms with Crippen LogP contribution >= 0.6 is 0 Å². The maximum Gasteiger partial charge on any atom is 0.0458 e. The summed E-state index contributed by atoms with van der Waals surface area (Å²) in [5, 5.41) is 3.32. The molecule has 0 fully saturated rings. The normalized spacial score (nSPS) is 8.90. The van der Waals surface area contributed by atoms with E-state index in [1.807, 2.05) is 0 Å². The third-order valence-electron chi connectivity index (χ3n) is 1.32. The molecule has 3 heteroatoms. The van der Waals surface area contributed by atoms with Gasteiger partial charge < -0.3 is 0 Å². The van der Waals surface area contributed by atoms with Crippen LogP contribution < -0.4 is 0 Å². The second-order valence-corrected chi connectivity index (χ2v) is 2.24. The molecular formula is C7H14N3. The molecule has 0 aliphatic rings. The molecule has 0 aromatic carbocycles. The van der Waals surface area contributed by atoms with E-state index in [-0.39, 0.29) is 0 Å². The first-order valence-electron chi connectivity index (χ1n) is 3.77. The van der Waals surface area contributed by atoms with Crippen LogP contribution in [0.25, 0.3) is 10.4 Å². The Morgan fingerprint density at radius 3 is 2.80 bits per heavy atom. The van der Waals surface area contributed by atoms with Gasteiger partial charge in [0.05, 0.1) is 0 Å². The maximum absolute atomic E-state index is 7.90. The minimum atomic E-state index is 0.921. The van der Waals surface area contributed by atoms with E-state index in [1.54, 1.807) is 6.54 Å². The zero-order valence-electron chi connectivity index (χ0n) is 6.45. The van der Waals surface area contributed by atoms with E-state index in [9.17, 15) is 0 Å². The topological polar surface area (TPSA) is 48.8 Å². The Balaban J connectivity index is 2.83. The summed E-state index contributed by atoms with van der Waals surface area (Å²) >= 11 is 0. The van der Waals surface area contributed by atoms with E-state index in [0.29, 0.717) is 0 Å². The highest BCUT2D eigenvalue weighted by molar-refractivity contribution is 4.61. The van der Waals surface area contributed by atoms with Gasteiger partial charge in [0.15, 0.2) is 0 Å². The second kappa shape index (κ2) is 8.31. The van der Waals surface area contributed by atoms with Crippen LogP contribution in [0.2, 0.25) is 0 Å². The monoisotopic (exact) mass is 140 g/mol. The summed E-state index contributed by atoms with van der Waals surface area (Å²) in [6, 6.07) is 0. The van der Waals surface area contributed by atoms with Gasteiger partial charge >= 0.3 is 0 Å². The number of azide groups is 1. The lowest BCUT2D eigenvalue weighted by Crippen LogP contribution is -1.75. The molecule has 0 amide bonds. The van der Waals surface area contributed by atoms with Gasteiger partial charge in [-0.15, -0.1) is 0 Å². The van der Waals surface area contributed by atoms with E-state index in [0.717, 1.165) is 12.8 Å². The summed E-state index contributed by atoms with van der Waals surface area (Å²) in [6.45, 7) is 3.81. The molecule has 0 aromatic heterocycles. The lowest BCUT2D eigenvalue weighted by molar-refractivity contribution is 0.660. The molecule has 0 N–H and O–H groups in total. The van der Waals surface area contributed by atoms with E-state index < -0.39 is 0 Å². The predicted octanol–water partition coefficient (Wildman–Crippen LogP) is 3.43. The summed E-state index contributed by atoms with van der Waals surface area (Å²) in [5.41, 5.74) is 7.90. The van der Waals surface area contributed by atoms with Crippen molar-refractivity contribution in [2.45, 2.75) is 39.0 Å². The maximum atomic E-state index is 7.90. The van der Waals surface area contributed by atoms with Crippen molar-refractivity contribution in [2.24, 2.45) is 5.11 Å². The third kappa shape index (κ3) is 7.31. The van der Waals surface area contributed by atoms with Crippen molar-refractivity contribution < 1.29 is 0 Å². The van der Waals surface area contributed by atoms with Gasteiger partial charge in [-0.3, -0.25) is 0 Å². The molecule has 0 atom stereocenters. The molecule has 0 aromatic rings. The minimum absolute atomic E-state index is 0.921. The largest absolute Gasteiger partial charge is 0.0902 e. The van der Waals surface area contributed by atoms with Gasteiger partial charge in [0.1, 0.15) is 0 Å². The van der Waals surface area contributed by atoms with Crippen LogP contribution in [0.4, 0.5) is 0 Å². The first kappa shape index (κ1) is 9.31. The van der Waals surface area contributed by atoms with Gasteiger partial charge in [-0.2, -0.15) is 0 Å². The summed E-state index contributed by atoms with van der Waals surface area (Å²) in [6.07, 6.45) is 5.84. The molecule has 0 aliphatic heterocycles. The van der Waals surface area contributed by atoms with Crippen molar-refractivity contribution in [3.63, 3.8) is 0 Å². The Morgan fingerprint density at radius 1 is 1.40 bits per heavy atom. The third-order valence-corrected chi connectivity index (χ3v) is 1.32. The van der Waals surface area contributed by atoms with E-state index in [2.05, 4.69) is 16.9 Å². The molecule has 10 heavy (non-hydrogen) atoms. The number of nitrogens with zero attached hydrogens (tertiary/aromatic N) is 3. The van der Waals surface area contributed by atoms with E-state index in [4.69, 9.17) is 5.53 Å². The average molecular weight is 140 g/mol. The molecule has 3 nitrogen and oxygen atoms in total. The van der Waals surface area contributed by atoms with Gasteiger partial charge in [-0.05, 0) is 12.0 Å². The molecule has 0 saturated heterocycles. The van der Waals surface area contributed by atoms with Crippen LogP contribution in [0.5, 0.6) is 0 Å². The van der Waals surface area contributed by atoms with Gasteiger partial charge in [0.25, 0.3) is 0 Å². The van der Waals surface area contributed by atoms with Crippen molar-refractivity contribution >= 4 is 0 Å². The summed E-state index contributed by atoms with van der Waals surface area (Å²) in [7, 11) is 0. The van der Waals surface area contributed by atoms with Crippen molar-refractivity contribution in [1.29, 1.82) is 0 Å². The standard InChI is InChI=1S/C7H14N3/c1-2-3-4-5-6-7-9-10-8/h7H,2-6H2,1H3. The fraction of sp³-hybridized carbons (Fsp3) is 0.857. The molecule has 0 bridgehead atoms. The molecule has 0 spiro atoms. The second-order valence-electron chi connectivity index (χ2n) is 2.24. The van der Waals surface area contributed by atoms with Gasteiger partial charge in [0.2, 0.25) is 0 Å². The predicted molar refractivity (Wildman–Crippen MR) is 42.2 cm³/mol. The summed E-state index contributed by atoms with van der Waals surface area (Å²) in [5.74, 6) is 0. The van der Waals surface area contributed by atoms with Gasteiger partial charge in [-0.1, -0.05) is 37.7 Å². The van der Waals surface area contributed by atoms with E-state index >= 15 is 0 Å². The Hall–Kier alpha value is -0.690. The highest BCUT2D eigenvalue weighted by atomic mass is 15.1. The number of hydrogen-bond acceptors (Lipinski definition) is 1. The molecule has 57 valence electrons. The first-order chi connectivity index (χ1) is 4.91. The van der Waals surface area contributed by atoms with Crippen LogP contribution in [-0.2, 0) is 0 Å². The Kier molecular flexibility index (Phi) is 7.74. The molecule has 0 rings (SSSR count). The van der Waals surface area contributed by atoms with E-state index in [1.165, 1.54) is 19.3 Å². The summed E-state index contributed by atoms with van der Waals surface area (Å²) < 4.78 is 0. The van der Waals surface area contributed by atoms with Crippen LogP contribution in [-0.4, -0.2) is 0 Å². The van der Waals surface area contributed by atoms with Crippen LogP contribution in [0.1, 0.15) is 39.0 Å². The zero-order chi connectivity index (χ0) is 7.66. The Labute approximate surface area is 62.1 Å². The molecular weight excluding hydrogens is 126 g/mol. The number of hydrogen-bond donors (Lipinski definition) is 0. The van der Waals surface area contributed by atoms with Crippen LogP contribution in [0.3, 0.4) is 0 Å². The molecule has 0 unspecified atom stereocenters. The van der Waals surface area contributed by atoms with Gasteiger partial charge in [-0.25, -0.2) is 0 Å². The number of rotatable bonds is 6. The Morgan fingerprint density at radius 2 is 2.20 bits per heavy atom. The fourth-order valence-electron chi connectivity index (χ4n) is 0.757.